The second kappa shape index (κ2) is 10.3. The number of rotatable bonds is 7. The van der Waals surface area contributed by atoms with Crippen LogP contribution in [0.25, 0.3) is 0 Å². The SMILES string of the molecule is CC[C@@H](C(=O)Nc1ccc(S(=O)(=O)N2CCCC[C@@H]2c2cccnc2)cc1)c1ccccc1. The third kappa shape index (κ3) is 5.15. The van der Waals surface area contributed by atoms with Crippen LogP contribution in [0.2, 0.25) is 0 Å². The largest absolute Gasteiger partial charge is 0.326 e. The Morgan fingerprint density at radius 1 is 1.06 bits per heavy atom. The lowest BCUT2D eigenvalue weighted by Gasteiger charge is -2.34. The standard InChI is InChI=1S/C26H29N3O3S/c1-2-24(20-9-4-3-5-10-20)26(30)28-22-13-15-23(16-14-22)33(31,32)29-18-7-6-12-25(29)21-11-8-17-27-19-21/h3-5,8-11,13-17,19,24-25H,2,6-7,12,18H2,1H3,(H,28,30)/t24-,25-/m1/s1. The molecule has 3 aromatic rings. The molecular formula is C26H29N3O3S. The number of sulfonamides is 1. The van der Waals surface area contributed by atoms with Gasteiger partial charge in [0, 0.05) is 24.6 Å². The number of amides is 1. The Labute approximate surface area is 195 Å². The van der Waals surface area contributed by atoms with Crippen molar-refractivity contribution in [2.75, 3.05) is 11.9 Å². The highest BCUT2D eigenvalue weighted by Crippen LogP contribution is 2.35. The summed E-state index contributed by atoms with van der Waals surface area (Å²) in [5.41, 5.74) is 2.45. The number of benzene rings is 2. The van der Waals surface area contributed by atoms with Crippen LogP contribution in [-0.4, -0.2) is 30.2 Å². The van der Waals surface area contributed by atoms with E-state index in [1.807, 2.05) is 49.4 Å². The fourth-order valence-electron chi connectivity index (χ4n) is 4.43. The number of carbonyl (C=O) groups is 1. The van der Waals surface area contributed by atoms with Gasteiger partial charge in [-0.15, -0.1) is 0 Å². The quantitative estimate of drug-likeness (QED) is 0.527. The Morgan fingerprint density at radius 3 is 2.48 bits per heavy atom. The van der Waals surface area contributed by atoms with E-state index in [4.69, 9.17) is 0 Å². The lowest BCUT2D eigenvalue weighted by molar-refractivity contribution is -0.117. The van der Waals surface area contributed by atoms with Gasteiger partial charge in [0.05, 0.1) is 16.9 Å². The van der Waals surface area contributed by atoms with Crippen molar-refractivity contribution in [3.63, 3.8) is 0 Å². The molecule has 2 heterocycles. The molecule has 33 heavy (non-hydrogen) atoms. The molecular weight excluding hydrogens is 434 g/mol. The predicted octanol–water partition coefficient (Wildman–Crippen LogP) is 5.13. The Hall–Kier alpha value is -3.03. The summed E-state index contributed by atoms with van der Waals surface area (Å²) in [6, 6.07) is 19.7. The summed E-state index contributed by atoms with van der Waals surface area (Å²) in [4.78, 5) is 17.2. The minimum atomic E-state index is -3.68. The highest BCUT2D eigenvalue weighted by Gasteiger charge is 2.34. The van der Waals surface area contributed by atoms with Crippen molar-refractivity contribution < 1.29 is 13.2 Å². The van der Waals surface area contributed by atoms with Gasteiger partial charge < -0.3 is 5.32 Å². The number of anilines is 1. The van der Waals surface area contributed by atoms with E-state index in [1.165, 1.54) is 0 Å². The molecule has 0 bridgehead atoms. The molecule has 172 valence electrons. The monoisotopic (exact) mass is 463 g/mol. The number of nitrogens with zero attached hydrogens (tertiary/aromatic N) is 2. The average molecular weight is 464 g/mol. The molecule has 0 saturated carbocycles. The van der Waals surface area contributed by atoms with E-state index in [2.05, 4.69) is 10.3 Å². The molecule has 1 saturated heterocycles. The molecule has 1 aromatic heterocycles. The highest BCUT2D eigenvalue weighted by molar-refractivity contribution is 7.89. The molecule has 0 spiro atoms. The van der Waals surface area contributed by atoms with Gasteiger partial charge in [0.2, 0.25) is 15.9 Å². The van der Waals surface area contributed by atoms with Gasteiger partial charge in [0.1, 0.15) is 0 Å². The summed E-state index contributed by atoms with van der Waals surface area (Å²) in [5.74, 6) is -0.366. The van der Waals surface area contributed by atoms with Crippen molar-refractivity contribution in [1.82, 2.24) is 9.29 Å². The summed E-state index contributed by atoms with van der Waals surface area (Å²) >= 11 is 0. The number of nitrogens with one attached hydrogen (secondary N) is 1. The van der Waals surface area contributed by atoms with Gasteiger partial charge >= 0.3 is 0 Å². The summed E-state index contributed by atoms with van der Waals surface area (Å²) in [6.45, 7) is 2.46. The van der Waals surface area contributed by atoms with Crippen LogP contribution >= 0.6 is 0 Å². The van der Waals surface area contributed by atoms with E-state index in [1.54, 1.807) is 41.0 Å². The lowest BCUT2D eigenvalue weighted by atomic mass is 9.95. The van der Waals surface area contributed by atoms with Crippen molar-refractivity contribution in [2.24, 2.45) is 0 Å². The number of aromatic nitrogens is 1. The maximum atomic E-state index is 13.5. The van der Waals surface area contributed by atoms with Crippen LogP contribution in [0.4, 0.5) is 5.69 Å². The van der Waals surface area contributed by atoms with Crippen LogP contribution in [0.1, 0.15) is 55.7 Å². The van der Waals surface area contributed by atoms with Gasteiger partial charge in [-0.25, -0.2) is 8.42 Å². The number of hydrogen-bond donors (Lipinski definition) is 1. The molecule has 6 nitrogen and oxygen atoms in total. The molecule has 1 aliphatic rings. The fraction of sp³-hybridized carbons (Fsp3) is 0.308. The molecule has 2 aromatic carbocycles. The van der Waals surface area contributed by atoms with E-state index in [-0.39, 0.29) is 22.8 Å². The van der Waals surface area contributed by atoms with Crippen molar-refractivity contribution in [3.8, 4) is 0 Å². The molecule has 1 aliphatic heterocycles. The zero-order valence-electron chi connectivity index (χ0n) is 18.7. The van der Waals surface area contributed by atoms with Crippen LogP contribution in [0.15, 0.2) is 84.0 Å². The van der Waals surface area contributed by atoms with E-state index in [0.717, 1.165) is 30.4 Å². The maximum Gasteiger partial charge on any atom is 0.243 e. The molecule has 0 radical (unpaired) electrons. The van der Waals surface area contributed by atoms with Gasteiger partial charge in [-0.1, -0.05) is 49.7 Å². The van der Waals surface area contributed by atoms with Gasteiger partial charge in [-0.3, -0.25) is 9.78 Å². The molecule has 1 N–H and O–H groups in total. The topological polar surface area (TPSA) is 79.4 Å². The minimum absolute atomic E-state index is 0.105. The van der Waals surface area contributed by atoms with Crippen LogP contribution in [-0.2, 0) is 14.8 Å². The summed E-state index contributed by atoms with van der Waals surface area (Å²) in [6.07, 6.45) is 6.70. The first-order chi connectivity index (χ1) is 16.0. The summed E-state index contributed by atoms with van der Waals surface area (Å²) < 4.78 is 28.5. The van der Waals surface area contributed by atoms with Gasteiger partial charge in [0.25, 0.3) is 0 Å². The van der Waals surface area contributed by atoms with E-state index in [9.17, 15) is 13.2 Å². The first kappa shape index (κ1) is 23.1. The molecule has 2 atom stereocenters. The van der Waals surface area contributed by atoms with Crippen LogP contribution in [0.3, 0.4) is 0 Å². The number of pyridine rings is 1. The Kier molecular flexibility index (Phi) is 7.20. The summed E-state index contributed by atoms with van der Waals surface area (Å²) in [7, 11) is -3.68. The van der Waals surface area contributed by atoms with E-state index < -0.39 is 10.0 Å². The second-order valence-electron chi connectivity index (χ2n) is 8.30. The third-order valence-electron chi connectivity index (χ3n) is 6.18. The maximum absolute atomic E-state index is 13.5. The van der Waals surface area contributed by atoms with Crippen LogP contribution in [0, 0.1) is 0 Å². The minimum Gasteiger partial charge on any atom is -0.326 e. The second-order valence-corrected chi connectivity index (χ2v) is 10.2. The number of carbonyl (C=O) groups excluding carboxylic acids is 1. The summed E-state index contributed by atoms with van der Waals surface area (Å²) in [5, 5.41) is 2.93. The first-order valence-corrected chi connectivity index (χ1v) is 12.8. The normalized spacial score (nSPS) is 17.9. The number of hydrogen-bond acceptors (Lipinski definition) is 4. The Morgan fingerprint density at radius 2 is 1.82 bits per heavy atom. The first-order valence-electron chi connectivity index (χ1n) is 11.4. The molecule has 0 aliphatic carbocycles. The molecule has 4 rings (SSSR count). The smallest absolute Gasteiger partial charge is 0.243 e. The molecule has 0 unspecified atom stereocenters. The Balaban J connectivity index is 1.51. The van der Waals surface area contributed by atoms with Gasteiger partial charge in [0.15, 0.2) is 0 Å². The zero-order chi connectivity index (χ0) is 23.3. The van der Waals surface area contributed by atoms with Crippen molar-refractivity contribution in [1.29, 1.82) is 0 Å². The zero-order valence-corrected chi connectivity index (χ0v) is 19.5. The molecule has 1 fully saturated rings. The van der Waals surface area contributed by atoms with Crippen molar-refractivity contribution in [3.05, 3.63) is 90.3 Å². The molecule has 7 heteroatoms. The highest BCUT2D eigenvalue weighted by atomic mass is 32.2. The Bertz CT molecular complexity index is 1170. The fourth-order valence-corrected chi connectivity index (χ4v) is 6.11. The van der Waals surface area contributed by atoms with Crippen molar-refractivity contribution >= 4 is 21.6 Å². The van der Waals surface area contributed by atoms with E-state index in [0.29, 0.717) is 18.7 Å². The number of piperidine rings is 1. The van der Waals surface area contributed by atoms with Crippen LogP contribution in [0.5, 0.6) is 0 Å². The van der Waals surface area contributed by atoms with E-state index >= 15 is 0 Å². The van der Waals surface area contributed by atoms with Gasteiger partial charge in [-0.2, -0.15) is 4.31 Å². The average Bonchev–Trinajstić information content (AvgIpc) is 2.86. The van der Waals surface area contributed by atoms with Crippen LogP contribution < -0.4 is 5.32 Å². The third-order valence-corrected chi connectivity index (χ3v) is 8.10. The lowest BCUT2D eigenvalue weighted by Crippen LogP contribution is -2.38. The van der Waals surface area contributed by atoms with Crippen molar-refractivity contribution in [2.45, 2.75) is 49.5 Å². The molecule has 1 amide bonds. The van der Waals surface area contributed by atoms with Gasteiger partial charge in [-0.05, 0) is 60.7 Å². The predicted molar refractivity (Wildman–Crippen MR) is 129 cm³/mol.